The molecule has 5 nitrogen and oxygen atoms in total. The van der Waals surface area contributed by atoms with Crippen LogP contribution in [0, 0.1) is 0 Å². The maximum atomic E-state index is 12.1. The Kier molecular flexibility index (Phi) is 14.6. The van der Waals surface area contributed by atoms with E-state index in [1.165, 1.54) is 76.2 Å². The van der Waals surface area contributed by atoms with Crippen molar-refractivity contribution in [2.45, 2.75) is 122 Å². The molecule has 0 unspecified atom stereocenters. The van der Waals surface area contributed by atoms with Gasteiger partial charge in [-0.05, 0) is 42.2 Å². The van der Waals surface area contributed by atoms with Crippen LogP contribution in [0.2, 0.25) is 0 Å². The topological polar surface area (TPSA) is 87.0 Å². The van der Waals surface area contributed by atoms with Crippen molar-refractivity contribution in [3.05, 3.63) is 41.5 Å². The molecule has 37 heavy (non-hydrogen) atoms. The Morgan fingerprint density at radius 2 is 1.27 bits per heavy atom. The first-order valence-corrected chi connectivity index (χ1v) is 14.7. The third-order valence-electron chi connectivity index (χ3n) is 7.47. The van der Waals surface area contributed by atoms with Crippen LogP contribution >= 0.6 is 0 Å². The van der Waals surface area contributed by atoms with Crippen molar-refractivity contribution in [2.75, 3.05) is 13.2 Å². The molecule has 2 rings (SSSR count). The second-order valence-corrected chi connectivity index (χ2v) is 10.5. The molecule has 0 saturated carbocycles. The molecule has 0 heterocycles. The molecule has 2 aromatic carbocycles. The zero-order valence-corrected chi connectivity index (χ0v) is 23.3. The van der Waals surface area contributed by atoms with Crippen LogP contribution in [-0.2, 0) is 17.6 Å². The van der Waals surface area contributed by atoms with Gasteiger partial charge in [-0.3, -0.25) is 0 Å². The van der Waals surface area contributed by atoms with Gasteiger partial charge in [-0.1, -0.05) is 121 Å². The summed E-state index contributed by atoms with van der Waals surface area (Å²) >= 11 is 0. The van der Waals surface area contributed by atoms with Crippen molar-refractivity contribution in [1.29, 1.82) is 0 Å². The summed E-state index contributed by atoms with van der Waals surface area (Å²) in [6.07, 6.45) is 18.7. The molecule has 0 aliphatic carbocycles. The number of ether oxygens (including phenoxy) is 1. The molecule has 0 saturated heterocycles. The summed E-state index contributed by atoms with van der Waals surface area (Å²) in [5.74, 6) is -0.853. The molecule has 208 valence electrons. The molecule has 5 heteroatoms. The van der Waals surface area contributed by atoms with Gasteiger partial charge in [0.1, 0.15) is 5.75 Å². The highest BCUT2D eigenvalue weighted by Gasteiger charge is 2.41. The van der Waals surface area contributed by atoms with Gasteiger partial charge in [-0.15, -0.1) is 0 Å². The fourth-order valence-corrected chi connectivity index (χ4v) is 5.05. The van der Waals surface area contributed by atoms with E-state index in [2.05, 4.69) is 19.9 Å². The summed E-state index contributed by atoms with van der Waals surface area (Å²) in [5, 5.41) is 31.6. The third-order valence-corrected chi connectivity index (χ3v) is 7.47. The summed E-state index contributed by atoms with van der Waals surface area (Å²) in [4.78, 5) is 12.1. The van der Waals surface area contributed by atoms with Crippen molar-refractivity contribution < 1.29 is 24.9 Å². The van der Waals surface area contributed by atoms with Gasteiger partial charge in [0.25, 0.3) is 5.60 Å². The van der Waals surface area contributed by atoms with E-state index in [4.69, 9.17) is 4.74 Å². The summed E-state index contributed by atoms with van der Waals surface area (Å²) < 4.78 is 6.13. The number of unbranched alkanes of at least 4 members (excludes halogenated alkanes) is 12. The number of carbonyl (C=O) groups is 1. The Morgan fingerprint density at radius 1 is 0.757 bits per heavy atom. The Balaban J connectivity index is 2.32. The zero-order chi connectivity index (χ0) is 26.9. The maximum Gasteiger partial charge on any atom is 0.353 e. The molecule has 0 radical (unpaired) electrons. The van der Waals surface area contributed by atoms with E-state index in [1.807, 2.05) is 24.3 Å². The van der Waals surface area contributed by atoms with Gasteiger partial charge in [-0.2, -0.15) is 0 Å². The Labute approximate surface area is 224 Å². The number of hydrogen-bond donors (Lipinski definition) is 3. The zero-order valence-electron chi connectivity index (χ0n) is 23.3. The van der Waals surface area contributed by atoms with Crippen LogP contribution in [0.4, 0.5) is 0 Å². The summed E-state index contributed by atoms with van der Waals surface area (Å²) in [6.45, 7) is 2.86. The molecular formula is C32H50O5. The van der Waals surface area contributed by atoms with E-state index < -0.39 is 24.8 Å². The number of aliphatic hydroxyl groups excluding tert-OH is 2. The lowest BCUT2D eigenvalue weighted by atomic mass is 9.91. The van der Waals surface area contributed by atoms with Crippen LogP contribution in [0.3, 0.4) is 0 Å². The van der Waals surface area contributed by atoms with Gasteiger partial charge in [0, 0.05) is 5.39 Å². The van der Waals surface area contributed by atoms with E-state index in [-0.39, 0.29) is 0 Å². The van der Waals surface area contributed by atoms with E-state index in [9.17, 15) is 20.1 Å². The number of rotatable bonds is 21. The van der Waals surface area contributed by atoms with Gasteiger partial charge in [0.05, 0.1) is 13.2 Å². The fourth-order valence-electron chi connectivity index (χ4n) is 5.05. The number of carboxylic acids is 1. The predicted octanol–water partition coefficient (Wildman–Crippen LogP) is 7.61. The molecule has 0 aliphatic heterocycles. The van der Waals surface area contributed by atoms with Gasteiger partial charge in [-0.25, -0.2) is 4.79 Å². The van der Waals surface area contributed by atoms with Crippen molar-refractivity contribution in [1.82, 2.24) is 0 Å². The van der Waals surface area contributed by atoms with E-state index in [0.717, 1.165) is 48.4 Å². The second-order valence-electron chi connectivity index (χ2n) is 10.5. The smallest absolute Gasteiger partial charge is 0.353 e. The minimum atomic E-state index is -2.07. The largest absolute Gasteiger partial charge is 0.478 e. The van der Waals surface area contributed by atoms with Crippen molar-refractivity contribution in [2.24, 2.45) is 0 Å². The monoisotopic (exact) mass is 514 g/mol. The fraction of sp³-hybridized carbons (Fsp3) is 0.656. The highest BCUT2D eigenvalue weighted by Crippen LogP contribution is 2.37. The third kappa shape index (κ3) is 9.61. The molecule has 0 aliphatic rings. The number of benzene rings is 2. The minimum Gasteiger partial charge on any atom is -0.478 e. The van der Waals surface area contributed by atoms with Crippen LogP contribution in [-0.4, -0.2) is 40.1 Å². The molecule has 0 atom stereocenters. The van der Waals surface area contributed by atoms with Gasteiger partial charge < -0.3 is 20.1 Å². The quantitative estimate of drug-likeness (QED) is 0.149. The normalized spacial score (nSPS) is 11.8. The number of carboxylic acid groups (broad SMARTS) is 1. The number of fused-ring (bicyclic) bond motifs is 1. The molecule has 3 N–H and O–H groups in total. The Hall–Kier alpha value is -2.11. The standard InChI is InChI=1S/C32H50O5/c1-3-5-7-9-11-13-15-19-26-23-27-20-17-18-22-29(27)30(37-32(24-33,25-34)31(35)36)28(26)21-16-14-12-10-8-6-4-2/h17-18,20,22-23,33-34H,3-16,19,21,24-25H2,1-2H3,(H,35,36). The number of aliphatic carboxylic acids is 1. The first-order chi connectivity index (χ1) is 18.0. The second kappa shape index (κ2) is 17.4. The van der Waals surface area contributed by atoms with E-state index in [1.54, 1.807) is 0 Å². The molecule has 0 bridgehead atoms. The van der Waals surface area contributed by atoms with Crippen LogP contribution < -0.4 is 4.74 Å². The van der Waals surface area contributed by atoms with Crippen LogP contribution in [0.5, 0.6) is 5.75 Å². The lowest BCUT2D eigenvalue weighted by molar-refractivity contribution is -0.163. The SMILES string of the molecule is CCCCCCCCCc1cc2ccccc2c(OC(CO)(CO)C(=O)O)c1CCCCCCCCC. The average Bonchev–Trinajstić information content (AvgIpc) is 2.91. The van der Waals surface area contributed by atoms with E-state index >= 15 is 0 Å². The molecule has 0 spiro atoms. The van der Waals surface area contributed by atoms with E-state index in [0.29, 0.717) is 5.75 Å². The van der Waals surface area contributed by atoms with Crippen LogP contribution in [0.15, 0.2) is 30.3 Å². The van der Waals surface area contributed by atoms with Gasteiger partial charge in [0.2, 0.25) is 0 Å². The summed E-state index contributed by atoms with van der Waals surface area (Å²) in [7, 11) is 0. The summed E-state index contributed by atoms with van der Waals surface area (Å²) in [5.41, 5.74) is 0.157. The molecular weight excluding hydrogens is 464 g/mol. The average molecular weight is 515 g/mol. The van der Waals surface area contributed by atoms with Gasteiger partial charge in [0.15, 0.2) is 0 Å². The summed E-state index contributed by atoms with van der Waals surface area (Å²) in [6, 6.07) is 10.1. The lowest BCUT2D eigenvalue weighted by Crippen LogP contribution is -2.51. The first kappa shape index (κ1) is 31.1. The first-order valence-electron chi connectivity index (χ1n) is 14.7. The van der Waals surface area contributed by atoms with Crippen molar-refractivity contribution in [3.63, 3.8) is 0 Å². The molecule has 0 amide bonds. The number of aryl methyl sites for hydroxylation is 1. The lowest BCUT2D eigenvalue weighted by Gasteiger charge is -2.29. The highest BCUT2D eigenvalue weighted by atomic mass is 16.5. The number of hydrogen-bond acceptors (Lipinski definition) is 4. The highest BCUT2D eigenvalue weighted by molar-refractivity contribution is 5.91. The van der Waals surface area contributed by atoms with Gasteiger partial charge >= 0.3 is 5.97 Å². The maximum absolute atomic E-state index is 12.1. The minimum absolute atomic E-state index is 0.507. The van der Waals surface area contributed by atoms with Crippen molar-refractivity contribution in [3.8, 4) is 5.75 Å². The van der Waals surface area contributed by atoms with Crippen LogP contribution in [0.1, 0.15) is 115 Å². The Bertz CT molecular complexity index is 919. The van der Waals surface area contributed by atoms with Crippen molar-refractivity contribution >= 4 is 16.7 Å². The molecule has 2 aromatic rings. The molecule has 0 fully saturated rings. The predicted molar refractivity (Wildman–Crippen MR) is 153 cm³/mol. The van der Waals surface area contributed by atoms with Crippen LogP contribution in [0.25, 0.3) is 10.8 Å². The Morgan fingerprint density at radius 3 is 1.81 bits per heavy atom. The number of aliphatic hydroxyl groups is 2. The molecule has 0 aromatic heterocycles.